The summed E-state index contributed by atoms with van der Waals surface area (Å²) in [7, 11) is 3.08. The second-order valence-corrected chi connectivity index (χ2v) is 7.81. The Morgan fingerprint density at radius 3 is 2.29 bits per heavy atom. The van der Waals surface area contributed by atoms with E-state index in [4.69, 9.17) is 14.2 Å². The third-order valence-electron chi connectivity index (χ3n) is 5.11. The summed E-state index contributed by atoms with van der Waals surface area (Å²) < 4.78 is 28.8. The van der Waals surface area contributed by atoms with E-state index >= 15 is 0 Å². The smallest absolute Gasteiger partial charge is 0.329 e. The summed E-state index contributed by atoms with van der Waals surface area (Å²) in [4.78, 5) is 35.9. The van der Waals surface area contributed by atoms with Crippen molar-refractivity contribution < 1.29 is 33.0 Å². The summed E-state index contributed by atoms with van der Waals surface area (Å²) in [6.07, 6.45) is 1.85. The van der Waals surface area contributed by atoms with Crippen LogP contribution in [-0.2, 0) is 20.8 Å². The highest BCUT2D eigenvalue weighted by molar-refractivity contribution is 6.35. The van der Waals surface area contributed by atoms with Crippen LogP contribution in [0, 0.1) is 5.82 Å². The molecule has 38 heavy (non-hydrogen) atoms. The number of carbonyl (C=O) groups excluding carboxylic acids is 3. The van der Waals surface area contributed by atoms with Gasteiger partial charge in [-0.15, -0.1) is 0 Å². The number of benzene rings is 3. The van der Waals surface area contributed by atoms with Gasteiger partial charge in [0.25, 0.3) is 5.91 Å². The molecule has 3 aromatic rings. The Bertz CT molecular complexity index is 1280. The van der Waals surface area contributed by atoms with E-state index < -0.39 is 23.5 Å². The van der Waals surface area contributed by atoms with Crippen LogP contribution in [0.15, 0.2) is 71.8 Å². The van der Waals surface area contributed by atoms with Crippen molar-refractivity contribution in [2.45, 2.75) is 6.42 Å². The summed E-state index contributed by atoms with van der Waals surface area (Å²) in [6, 6.07) is 17.4. The number of amides is 3. The van der Waals surface area contributed by atoms with Gasteiger partial charge >= 0.3 is 11.8 Å². The van der Waals surface area contributed by atoms with Crippen LogP contribution in [0.1, 0.15) is 11.1 Å². The van der Waals surface area contributed by atoms with E-state index in [1.807, 2.05) is 6.07 Å². The van der Waals surface area contributed by atoms with E-state index in [1.54, 1.807) is 43.5 Å². The number of rotatable bonds is 11. The number of nitrogens with zero attached hydrogens (tertiary/aromatic N) is 1. The monoisotopic (exact) mass is 522 g/mol. The van der Waals surface area contributed by atoms with E-state index in [-0.39, 0.29) is 13.2 Å². The predicted molar refractivity (Wildman–Crippen MR) is 139 cm³/mol. The van der Waals surface area contributed by atoms with E-state index in [9.17, 15) is 18.8 Å². The molecule has 11 heteroatoms. The third-order valence-corrected chi connectivity index (χ3v) is 5.11. The fraction of sp³-hybridized carbons (Fsp3) is 0.185. The van der Waals surface area contributed by atoms with Gasteiger partial charge in [-0.3, -0.25) is 14.4 Å². The number of halogens is 1. The lowest BCUT2D eigenvalue weighted by Crippen LogP contribution is -2.38. The first kappa shape index (κ1) is 27.7. The van der Waals surface area contributed by atoms with Crippen LogP contribution in [0.4, 0.5) is 10.1 Å². The molecule has 0 aliphatic rings. The second kappa shape index (κ2) is 14.0. The van der Waals surface area contributed by atoms with Crippen LogP contribution in [0.25, 0.3) is 0 Å². The molecule has 0 aliphatic heterocycles. The summed E-state index contributed by atoms with van der Waals surface area (Å²) >= 11 is 0. The quantitative estimate of drug-likeness (QED) is 0.202. The minimum atomic E-state index is -0.902. The average Bonchev–Trinajstić information content (AvgIpc) is 2.93. The van der Waals surface area contributed by atoms with Crippen LogP contribution in [0.2, 0.25) is 0 Å². The van der Waals surface area contributed by atoms with E-state index in [0.29, 0.717) is 34.9 Å². The molecule has 0 atom stereocenters. The first-order valence-electron chi connectivity index (χ1n) is 11.5. The Hall–Kier alpha value is -4.93. The summed E-state index contributed by atoms with van der Waals surface area (Å²) in [6.45, 7) is 0.0107. The van der Waals surface area contributed by atoms with Crippen LogP contribution in [0.5, 0.6) is 17.2 Å². The van der Waals surface area contributed by atoms with Crippen molar-refractivity contribution in [3.05, 3.63) is 83.7 Å². The fourth-order valence-corrected chi connectivity index (χ4v) is 3.18. The van der Waals surface area contributed by atoms with E-state index in [0.717, 1.165) is 5.56 Å². The standard InChI is InChI=1S/C27H27FN4O6/c1-36-23-12-5-18(15-24(23)37-2)13-14-29-26(34)27(35)32-30-16-19-3-10-22(11-4-19)38-17-25(33)31-21-8-6-20(28)7-9-21/h3-12,15-16H,13-14,17H2,1-2H3,(H,29,34)(H,31,33)(H,32,35)/b30-16-. The van der Waals surface area contributed by atoms with Crippen molar-refractivity contribution >= 4 is 29.6 Å². The Morgan fingerprint density at radius 1 is 0.895 bits per heavy atom. The molecule has 0 radical (unpaired) electrons. The maximum absolute atomic E-state index is 12.9. The molecule has 0 saturated carbocycles. The second-order valence-electron chi connectivity index (χ2n) is 7.81. The molecule has 198 valence electrons. The Labute approximate surface area is 218 Å². The minimum Gasteiger partial charge on any atom is -0.493 e. The van der Waals surface area contributed by atoms with Gasteiger partial charge in [0.05, 0.1) is 20.4 Å². The highest BCUT2D eigenvalue weighted by Gasteiger charge is 2.12. The van der Waals surface area contributed by atoms with Crippen molar-refractivity contribution in [2.75, 3.05) is 32.7 Å². The molecular formula is C27H27FN4O6. The van der Waals surface area contributed by atoms with Crippen LogP contribution < -0.4 is 30.3 Å². The van der Waals surface area contributed by atoms with Crippen molar-refractivity contribution in [3.8, 4) is 17.2 Å². The van der Waals surface area contributed by atoms with Gasteiger partial charge in [-0.25, -0.2) is 9.82 Å². The number of nitrogens with one attached hydrogen (secondary N) is 3. The number of hydrogen-bond donors (Lipinski definition) is 3. The van der Waals surface area contributed by atoms with Crippen LogP contribution in [-0.4, -0.2) is 51.3 Å². The van der Waals surface area contributed by atoms with Gasteiger partial charge in [-0.2, -0.15) is 5.10 Å². The molecule has 0 aliphatic carbocycles. The maximum atomic E-state index is 12.9. The summed E-state index contributed by atoms with van der Waals surface area (Å²) in [5, 5.41) is 8.91. The normalized spacial score (nSPS) is 10.5. The number of hydrogen-bond acceptors (Lipinski definition) is 7. The van der Waals surface area contributed by atoms with Crippen molar-refractivity contribution in [2.24, 2.45) is 5.10 Å². The van der Waals surface area contributed by atoms with Gasteiger partial charge in [0, 0.05) is 12.2 Å². The molecule has 3 aromatic carbocycles. The lowest BCUT2D eigenvalue weighted by molar-refractivity contribution is -0.139. The van der Waals surface area contributed by atoms with Crippen molar-refractivity contribution in [1.29, 1.82) is 0 Å². The molecule has 3 N–H and O–H groups in total. The van der Waals surface area contributed by atoms with E-state index in [1.165, 1.54) is 37.6 Å². The maximum Gasteiger partial charge on any atom is 0.329 e. The lowest BCUT2D eigenvalue weighted by atomic mass is 10.1. The Balaban J connectivity index is 1.37. The van der Waals surface area contributed by atoms with Crippen LogP contribution >= 0.6 is 0 Å². The van der Waals surface area contributed by atoms with Gasteiger partial charge in [0.1, 0.15) is 11.6 Å². The largest absolute Gasteiger partial charge is 0.493 e. The van der Waals surface area contributed by atoms with Gasteiger partial charge in [0.2, 0.25) is 0 Å². The number of ether oxygens (including phenoxy) is 3. The molecule has 0 heterocycles. The Kier molecular flexibility index (Phi) is 10.2. The van der Waals surface area contributed by atoms with Gasteiger partial charge in [-0.1, -0.05) is 6.07 Å². The van der Waals surface area contributed by atoms with E-state index in [2.05, 4.69) is 21.2 Å². The first-order chi connectivity index (χ1) is 18.4. The average molecular weight is 523 g/mol. The number of methoxy groups -OCH3 is 2. The van der Waals surface area contributed by atoms with Gasteiger partial charge < -0.3 is 24.8 Å². The molecule has 3 rings (SSSR count). The molecule has 0 fully saturated rings. The molecule has 0 aromatic heterocycles. The summed E-state index contributed by atoms with van der Waals surface area (Å²) in [5.74, 6) is -0.888. The van der Waals surface area contributed by atoms with Gasteiger partial charge in [0.15, 0.2) is 18.1 Å². The third kappa shape index (κ3) is 8.63. The SMILES string of the molecule is COc1ccc(CCNC(=O)C(=O)N/N=C\c2ccc(OCC(=O)Nc3ccc(F)cc3)cc2)cc1OC. The lowest BCUT2D eigenvalue weighted by Gasteiger charge is -2.10. The molecule has 10 nitrogen and oxygen atoms in total. The van der Waals surface area contributed by atoms with Crippen LogP contribution in [0.3, 0.4) is 0 Å². The topological polar surface area (TPSA) is 127 Å². The molecule has 0 bridgehead atoms. The number of hydrazone groups is 1. The van der Waals surface area contributed by atoms with Gasteiger partial charge in [-0.05, 0) is 78.2 Å². The molecule has 0 saturated heterocycles. The Morgan fingerprint density at radius 2 is 1.61 bits per heavy atom. The zero-order valence-corrected chi connectivity index (χ0v) is 20.8. The summed E-state index contributed by atoms with van der Waals surface area (Å²) in [5.41, 5.74) is 4.16. The molecular weight excluding hydrogens is 495 g/mol. The van der Waals surface area contributed by atoms with Crippen molar-refractivity contribution in [3.63, 3.8) is 0 Å². The molecule has 0 spiro atoms. The number of anilines is 1. The van der Waals surface area contributed by atoms with Crippen molar-refractivity contribution in [1.82, 2.24) is 10.7 Å². The zero-order chi connectivity index (χ0) is 27.3. The highest BCUT2D eigenvalue weighted by Crippen LogP contribution is 2.27. The fourth-order valence-electron chi connectivity index (χ4n) is 3.18. The molecule has 3 amide bonds. The first-order valence-corrected chi connectivity index (χ1v) is 11.5. The predicted octanol–water partition coefficient (Wildman–Crippen LogP) is 2.67. The minimum absolute atomic E-state index is 0.234. The highest BCUT2D eigenvalue weighted by atomic mass is 19.1. The number of carbonyl (C=O) groups is 3. The molecule has 0 unspecified atom stereocenters. The zero-order valence-electron chi connectivity index (χ0n) is 20.8.